The fraction of sp³-hybridized carbons (Fsp3) is 0.750. The molecule has 1 heterocycles. The summed E-state index contributed by atoms with van der Waals surface area (Å²) in [4.78, 5) is 36.3. The molecule has 18 heavy (non-hydrogen) atoms. The van der Waals surface area contributed by atoms with Crippen LogP contribution in [0.1, 0.15) is 33.6 Å². The summed E-state index contributed by atoms with van der Waals surface area (Å²) in [6.45, 7) is 5.18. The average molecular weight is 273 g/mol. The van der Waals surface area contributed by atoms with Crippen LogP contribution in [0, 0.1) is 0 Å². The Kier molecular flexibility index (Phi) is 4.78. The van der Waals surface area contributed by atoms with Gasteiger partial charge in [-0.2, -0.15) is 11.8 Å². The largest absolute Gasteiger partial charge is 0.443 e. The van der Waals surface area contributed by atoms with E-state index in [1.54, 1.807) is 32.5 Å². The summed E-state index contributed by atoms with van der Waals surface area (Å²) in [5.74, 6) is 0.0726. The number of likely N-dealkylation sites (tertiary alicyclic amines) is 1. The van der Waals surface area contributed by atoms with Gasteiger partial charge in [0, 0.05) is 0 Å². The van der Waals surface area contributed by atoms with E-state index in [9.17, 15) is 14.4 Å². The van der Waals surface area contributed by atoms with Crippen molar-refractivity contribution in [3.8, 4) is 0 Å². The molecule has 0 radical (unpaired) electrons. The van der Waals surface area contributed by atoms with Crippen molar-refractivity contribution in [1.82, 2.24) is 4.90 Å². The number of ether oxygens (including phenoxy) is 1. The van der Waals surface area contributed by atoms with Crippen molar-refractivity contribution in [2.24, 2.45) is 0 Å². The van der Waals surface area contributed by atoms with Gasteiger partial charge in [-0.25, -0.2) is 9.69 Å². The summed E-state index contributed by atoms with van der Waals surface area (Å²) in [5, 5.41) is 0. The van der Waals surface area contributed by atoms with Gasteiger partial charge in [-0.15, -0.1) is 0 Å². The van der Waals surface area contributed by atoms with Crippen LogP contribution in [-0.2, 0) is 14.3 Å². The first-order valence-corrected chi connectivity index (χ1v) is 7.22. The number of thioether (sulfide) groups is 1. The van der Waals surface area contributed by atoms with Crippen LogP contribution in [0.3, 0.4) is 0 Å². The second-order valence-corrected chi connectivity index (χ2v) is 6.17. The highest BCUT2D eigenvalue weighted by molar-refractivity contribution is 7.98. The number of ketones is 1. The topological polar surface area (TPSA) is 63.7 Å². The Labute approximate surface area is 111 Å². The lowest BCUT2D eigenvalue weighted by Gasteiger charge is -2.26. The standard InChI is InChI=1S/C12H19NO4S/c1-12(2,3)17-11(16)13-8(5-6-18-4)9(14)7-10(13)15/h8H,5-7H2,1-4H3/t8-/m0/s1. The molecule has 0 bridgehead atoms. The molecule has 5 nitrogen and oxygen atoms in total. The zero-order valence-electron chi connectivity index (χ0n) is 11.2. The first-order valence-electron chi connectivity index (χ1n) is 5.83. The highest BCUT2D eigenvalue weighted by Crippen LogP contribution is 2.22. The Morgan fingerprint density at radius 3 is 2.56 bits per heavy atom. The monoisotopic (exact) mass is 273 g/mol. The van der Waals surface area contributed by atoms with Crippen LogP contribution in [0.15, 0.2) is 0 Å². The van der Waals surface area contributed by atoms with Gasteiger partial charge < -0.3 is 4.74 Å². The fourth-order valence-electron chi connectivity index (χ4n) is 1.73. The molecule has 0 unspecified atom stereocenters. The molecular formula is C12H19NO4S. The van der Waals surface area contributed by atoms with E-state index in [0.29, 0.717) is 6.42 Å². The molecule has 0 saturated carbocycles. The number of imide groups is 1. The average Bonchev–Trinajstić information content (AvgIpc) is 2.47. The number of hydrogen-bond acceptors (Lipinski definition) is 5. The molecule has 6 heteroatoms. The molecular weight excluding hydrogens is 254 g/mol. The second-order valence-electron chi connectivity index (χ2n) is 5.18. The number of nitrogens with zero attached hydrogens (tertiary/aromatic N) is 1. The summed E-state index contributed by atoms with van der Waals surface area (Å²) in [6.07, 6.45) is 1.49. The van der Waals surface area contributed by atoms with E-state index in [1.165, 1.54) is 0 Å². The van der Waals surface area contributed by atoms with Crippen LogP contribution in [0.25, 0.3) is 0 Å². The molecule has 1 aliphatic rings. The van der Waals surface area contributed by atoms with Gasteiger partial charge in [0.25, 0.3) is 0 Å². The van der Waals surface area contributed by atoms with E-state index in [0.717, 1.165) is 10.7 Å². The molecule has 0 aromatic carbocycles. The molecule has 0 spiro atoms. The highest BCUT2D eigenvalue weighted by Gasteiger charge is 2.43. The minimum Gasteiger partial charge on any atom is -0.443 e. The molecule has 1 fully saturated rings. The van der Waals surface area contributed by atoms with Crippen molar-refractivity contribution >= 4 is 29.5 Å². The first-order chi connectivity index (χ1) is 8.26. The Morgan fingerprint density at radius 2 is 2.06 bits per heavy atom. The first kappa shape index (κ1) is 15.0. The molecule has 0 aromatic heterocycles. The van der Waals surface area contributed by atoms with E-state index >= 15 is 0 Å². The molecule has 2 amide bonds. The van der Waals surface area contributed by atoms with Gasteiger partial charge in [0.2, 0.25) is 5.91 Å². The third kappa shape index (κ3) is 3.73. The summed E-state index contributed by atoms with van der Waals surface area (Å²) in [7, 11) is 0. The number of carbonyl (C=O) groups is 3. The fourth-order valence-corrected chi connectivity index (χ4v) is 2.19. The van der Waals surface area contributed by atoms with Gasteiger partial charge in [0.1, 0.15) is 11.6 Å². The molecule has 0 aromatic rings. The number of amides is 2. The van der Waals surface area contributed by atoms with Crippen molar-refractivity contribution in [3.63, 3.8) is 0 Å². The normalized spacial score (nSPS) is 20.4. The molecule has 1 aliphatic heterocycles. The van der Waals surface area contributed by atoms with Crippen LogP contribution < -0.4 is 0 Å². The van der Waals surface area contributed by atoms with E-state index in [-0.39, 0.29) is 12.2 Å². The second kappa shape index (κ2) is 5.73. The third-order valence-corrected chi connectivity index (χ3v) is 3.11. The summed E-state index contributed by atoms with van der Waals surface area (Å²) < 4.78 is 5.16. The lowest BCUT2D eigenvalue weighted by Crippen LogP contribution is -2.43. The minimum absolute atomic E-state index is 0.195. The summed E-state index contributed by atoms with van der Waals surface area (Å²) in [6, 6.07) is -0.653. The van der Waals surface area contributed by atoms with Crippen LogP contribution in [-0.4, -0.2) is 46.3 Å². The van der Waals surface area contributed by atoms with Crippen LogP contribution >= 0.6 is 11.8 Å². The Morgan fingerprint density at radius 1 is 1.44 bits per heavy atom. The highest BCUT2D eigenvalue weighted by atomic mass is 32.2. The van der Waals surface area contributed by atoms with E-state index in [1.807, 2.05) is 6.26 Å². The predicted octanol–water partition coefficient (Wildman–Crippen LogP) is 1.84. The zero-order valence-corrected chi connectivity index (χ0v) is 12.0. The molecule has 1 atom stereocenters. The maximum absolute atomic E-state index is 11.9. The third-order valence-electron chi connectivity index (χ3n) is 2.46. The van der Waals surface area contributed by atoms with Crippen LogP contribution in [0.4, 0.5) is 4.79 Å². The molecule has 1 rings (SSSR count). The van der Waals surface area contributed by atoms with Crippen LogP contribution in [0.5, 0.6) is 0 Å². The molecule has 0 N–H and O–H groups in total. The van der Waals surface area contributed by atoms with E-state index < -0.39 is 23.6 Å². The van der Waals surface area contributed by atoms with Gasteiger partial charge in [0.15, 0.2) is 5.78 Å². The molecule has 0 aliphatic carbocycles. The van der Waals surface area contributed by atoms with Crippen molar-refractivity contribution in [2.75, 3.05) is 12.0 Å². The van der Waals surface area contributed by atoms with Gasteiger partial charge in [-0.05, 0) is 39.2 Å². The number of carbonyl (C=O) groups excluding carboxylic acids is 3. The predicted molar refractivity (Wildman–Crippen MR) is 69.5 cm³/mol. The van der Waals surface area contributed by atoms with Crippen LogP contribution in [0.2, 0.25) is 0 Å². The van der Waals surface area contributed by atoms with Gasteiger partial charge in [-0.3, -0.25) is 9.59 Å². The Bertz CT molecular complexity index is 362. The van der Waals surface area contributed by atoms with Gasteiger partial charge in [0.05, 0.1) is 6.42 Å². The quantitative estimate of drug-likeness (QED) is 0.734. The molecule has 1 saturated heterocycles. The van der Waals surface area contributed by atoms with Crippen molar-refractivity contribution in [3.05, 3.63) is 0 Å². The SMILES string of the molecule is CSCC[C@H]1C(=O)CC(=O)N1C(=O)OC(C)(C)C. The lowest BCUT2D eigenvalue weighted by molar-refractivity contribution is -0.128. The maximum Gasteiger partial charge on any atom is 0.417 e. The van der Waals surface area contributed by atoms with E-state index in [2.05, 4.69) is 0 Å². The minimum atomic E-state index is -0.718. The van der Waals surface area contributed by atoms with Gasteiger partial charge in [-0.1, -0.05) is 0 Å². The maximum atomic E-state index is 11.9. The lowest BCUT2D eigenvalue weighted by atomic mass is 10.1. The summed E-state index contributed by atoms with van der Waals surface area (Å²) >= 11 is 1.58. The van der Waals surface area contributed by atoms with Crippen molar-refractivity contribution in [2.45, 2.75) is 45.3 Å². The number of Topliss-reactive ketones (excluding diaryl/α,β-unsaturated/α-hetero) is 1. The number of hydrogen-bond donors (Lipinski definition) is 0. The smallest absolute Gasteiger partial charge is 0.417 e. The van der Waals surface area contributed by atoms with Crippen molar-refractivity contribution < 1.29 is 19.1 Å². The zero-order chi connectivity index (χ0) is 13.9. The summed E-state index contributed by atoms with van der Waals surface area (Å²) in [5.41, 5.74) is -0.674. The van der Waals surface area contributed by atoms with E-state index in [4.69, 9.17) is 4.74 Å². The Hall–Kier alpha value is -1.04. The molecule has 102 valence electrons. The van der Waals surface area contributed by atoms with Crippen molar-refractivity contribution in [1.29, 1.82) is 0 Å². The van der Waals surface area contributed by atoms with Gasteiger partial charge >= 0.3 is 6.09 Å². The Balaban J connectivity index is 2.79. The number of rotatable bonds is 3.